The van der Waals surface area contributed by atoms with Gasteiger partial charge in [0.25, 0.3) is 0 Å². The monoisotopic (exact) mass is 330 g/mol. The number of ether oxygens (including phenoxy) is 2. The molecule has 0 unspecified atom stereocenters. The van der Waals surface area contributed by atoms with Crippen molar-refractivity contribution < 1.29 is 24.8 Å². The standard InChI is InChI=1S/C18H34O5/c1-2-3-4-5-6-7-8-9-10-11-12-22-13-16(20)18-17(21)15(19)14-23-18/h7-8,15-21H,2-6,9-14H2,1H3/b8-7+/t15-,16+,17+,18+/m1/s1. The van der Waals surface area contributed by atoms with Gasteiger partial charge in [-0.25, -0.2) is 0 Å². The van der Waals surface area contributed by atoms with E-state index in [1.54, 1.807) is 0 Å². The van der Waals surface area contributed by atoms with Gasteiger partial charge in [-0.15, -0.1) is 0 Å². The van der Waals surface area contributed by atoms with Crippen LogP contribution in [-0.2, 0) is 9.47 Å². The Bertz CT molecular complexity index is 308. The quantitative estimate of drug-likeness (QED) is 0.356. The maximum atomic E-state index is 9.87. The lowest BCUT2D eigenvalue weighted by Crippen LogP contribution is -2.40. The van der Waals surface area contributed by atoms with Gasteiger partial charge in [-0.2, -0.15) is 0 Å². The Morgan fingerprint density at radius 1 is 1.09 bits per heavy atom. The molecule has 1 saturated heterocycles. The van der Waals surface area contributed by atoms with Gasteiger partial charge in [0, 0.05) is 6.61 Å². The van der Waals surface area contributed by atoms with Gasteiger partial charge in [0.05, 0.1) is 13.2 Å². The van der Waals surface area contributed by atoms with Crippen molar-refractivity contribution in [3.8, 4) is 0 Å². The molecule has 1 heterocycles. The molecule has 23 heavy (non-hydrogen) atoms. The lowest BCUT2D eigenvalue weighted by molar-refractivity contribution is -0.0813. The number of rotatable bonds is 13. The summed E-state index contributed by atoms with van der Waals surface area (Å²) in [6.07, 6.45) is 10.4. The third kappa shape index (κ3) is 8.82. The van der Waals surface area contributed by atoms with E-state index in [9.17, 15) is 15.3 Å². The number of unbranched alkanes of at least 4 members (excludes halogenated alkanes) is 6. The fourth-order valence-electron chi connectivity index (χ4n) is 2.65. The van der Waals surface area contributed by atoms with E-state index in [-0.39, 0.29) is 13.2 Å². The predicted molar refractivity (Wildman–Crippen MR) is 90.3 cm³/mol. The first-order valence-electron chi connectivity index (χ1n) is 9.05. The van der Waals surface area contributed by atoms with Crippen LogP contribution in [0.1, 0.15) is 58.3 Å². The molecule has 0 aromatic carbocycles. The van der Waals surface area contributed by atoms with E-state index in [2.05, 4.69) is 19.1 Å². The van der Waals surface area contributed by atoms with Gasteiger partial charge in [0.2, 0.25) is 0 Å². The van der Waals surface area contributed by atoms with Crippen molar-refractivity contribution in [2.75, 3.05) is 19.8 Å². The summed E-state index contributed by atoms with van der Waals surface area (Å²) in [6.45, 7) is 3.01. The Hall–Kier alpha value is -0.460. The van der Waals surface area contributed by atoms with E-state index < -0.39 is 24.4 Å². The van der Waals surface area contributed by atoms with Gasteiger partial charge < -0.3 is 24.8 Å². The normalized spacial score (nSPS) is 26.2. The smallest absolute Gasteiger partial charge is 0.114 e. The maximum Gasteiger partial charge on any atom is 0.114 e. The summed E-state index contributed by atoms with van der Waals surface area (Å²) < 4.78 is 10.6. The van der Waals surface area contributed by atoms with Crippen LogP contribution in [-0.4, -0.2) is 59.6 Å². The minimum absolute atomic E-state index is 0.0632. The van der Waals surface area contributed by atoms with Crippen LogP contribution in [0, 0.1) is 0 Å². The van der Waals surface area contributed by atoms with E-state index in [0.29, 0.717) is 6.61 Å². The summed E-state index contributed by atoms with van der Waals surface area (Å²) in [5, 5.41) is 28.8. The zero-order valence-electron chi connectivity index (χ0n) is 14.4. The van der Waals surface area contributed by atoms with Crippen LogP contribution in [0.5, 0.6) is 0 Å². The molecule has 5 nitrogen and oxygen atoms in total. The molecule has 1 aliphatic heterocycles. The van der Waals surface area contributed by atoms with Crippen molar-refractivity contribution >= 4 is 0 Å². The Balaban J connectivity index is 1.90. The summed E-state index contributed by atoms with van der Waals surface area (Å²) in [7, 11) is 0. The largest absolute Gasteiger partial charge is 0.388 e. The summed E-state index contributed by atoms with van der Waals surface area (Å²) in [6, 6.07) is 0. The molecule has 1 fully saturated rings. The van der Waals surface area contributed by atoms with E-state index in [1.165, 1.54) is 32.1 Å². The molecular weight excluding hydrogens is 296 g/mol. The predicted octanol–water partition coefficient (Wildman–Crippen LogP) is 2.18. The highest BCUT2D eigenvalue weighted by Gasteiger charge is 2.39. The van der Waals surface area contributed by atoms with E-state index >= 15 is 0 Å². The second-order valence-corrected chi connectivity index (χ2v) is 6.31. The van der Waals surface area contributed by atoms with Crippen LogP contribution < -0.4 is 0 Å². The minimum atomic E-state index is -1.03. The Labute approximate surface area is 140 Å². The van der Waals surface area contributed by atoms with E-state index in [4.69, 9.17) is 9.47 Å². The highest BCUT2D eigenvalue weighted by atomic mass is 16.5. The fourth-order valence-corrected chi connectivity index (χ4v) is 2.65. The highest BCUT2D eigenvalue weighted by Crippen LogP contribution is 2.17. The van der Waals surface area contributed by atoms with E-state index in [0.717, 1.165) is 19.3 Å². The van der Waals surface area contributed by atoms with Crippen LogP contribution in [0.3, 0.4) is 0 Å². The third-order valence-electron chi connectivity index (χ3n) is 4.16. The van der Waals surface area contributed by atoms with Crippen molar-refractivity contribution in [1.82, 2.24) is 0 Å². The molecule has 4 atom stereocenters. The molecule has 1 rings (SSSR count). The second-order valence-electron chi connectivity index (χ2n) is 6.31. The third-order valence-corrected chi connectivity index (χ3v) is 4.16. The Morgan fingerprint density at radius 2 is 1.78 bits per heavy atom. The average Bonchev–Trinajstić information content (AvgIpc) is 2.88. The summed E-state index contributed by atoms with van der Waals surface area (Å²) in [4.78, 5) is 0. The molecule has 0 aromatic heterocycles. The average molecular weight is 330 g/mol. The topological polar surface area (TPSA) is 79.2 Å². The van der Waals surface area contributed by atoms with Gasteiger partial charge in [-0.05, 0) is 32.1 Å². The van der Waals surface area contributed by atoms with Crippen LogP contribution >= 0.6 is 0 Å². The van der Waals surface area contributed by atoms with Crippen LogP contribution in [0.4, 0.5) is 0 Å². The lowest BCUT2D eigenvalue weighted by atomic mass is 10.1. The fraction of sp³-hybridized carbons (Fsp3) is 0.889. The van der Waals surface area contributed by atoms with Crippen molar-refractivity contribution in [2.45, 2.75) is 82.7 Å². The van der Waals surface area contributed by atoms with Crippen LogP contribution in [0.2, 0.25) is 0 Å². The Morgan fingerprint density at radius 3 is 2.39 bits per heavy atom. The molecule has 0 saturated carbocycles. The van der Waals surface area contributed by atoms with Crippen molar-refractivity contribution in [2.24, 2.45) is 0 Å². The molecule has 0 bridgehead atoms. The molecule has 0 aliphatic carbocycles. The van der Waals surface area contributed by atoms with Crippen LogP contribution in [0.15, 0.2) is 12.2 Å². The number of aliphatic hydroxyl groups is 3. The van der Waals surface area contributed by atoms with Crippen LogP contribution in [0.25, 0.3) is 0 Å². The molecule has 0 aromatic rings. The molecule has 5 heteroatoms. The van der Waals surface area contributed by atoms with Crippen molar-refractivity contribution in [3.05, 3.63) is 12.2 Å². The molecular formula is C18H34O5. The molecule has 0 radical (unpaired) electrons. The number of aliphatic hydroxyl groups excluding tert-OH is 3. The maximum absolute atomic E-state index is 9.87. The second kappa shape index (κ2) is 12.9. The molecule has 136 valence electrons. The van der Waals surface area contributed by atoms with Crippen molar-refractivity contribution in [3.63, 3.8) is 0 Å². The molecule has 0 spiro atoms. The SMILES string of the molecule is CCCCCC/C=C/CCCCOC[C@H](O)[C@@H]1OC[C@@H](O)[C@@H]1O. The first kappa shape index (κ1) is 20.6. The first-order valence-corrected chi connectivity index (χ1v) is 9.05. The number of hydrogen-bond donors (Lipinski definition) is 3. The highest BCUT2D eigenvalue weighted by molar-refractivity contribution is 4.87. The Kier molecular flexibility index (Phi) is 11.5. The molecule has 0 amide bonds. The van der Waals surface area contributed by atoms with Gasteiger partial charge in [0.15, 0.2) is 0 Å². The van der Waals surface area contributed by atoms with Gasteiger partial charge >= 0.3 is 0 Å². The molecule has 3 N–H and O–H groups in total. The van der Waals surface area contributed by atoms with Gasteiger partial charge in [-0.3, -0.25) is 0 Å². The zero-order chi connectivity index (χ0) is 16.9. The summed E-state index contributed by atoms with van der Waals surface area (Å²) in [5.41, 5.74) is 0. The summed E-state index contributed by atoms with van der Waals surface area (Å²) >= 11 is 0. The number of allylic oxidation sites excluding steroid dienone is 2. The zero-order valence-corrected chi connectivity index (χ0v) is 14.4. The van der Waals surface area contributed by atoms with Gasteiger partial charge in [0.1, 0.15) is 24.4 Å². The molecule has 1 aliphatic rings. The van der Waals surface area contributed by atoms with E-state index in [1.807, 2.05) is 0 Å². The number of hydrogen-bond acceptors (Lipinski definition) is 5. The van der Waals surface area contributed by atoms with Crippen molar-refractivity contribution in [1.29, 1.82) is 0 Å². The first-order chi connectivity index (χ1) is 11.2. The minimum Gasteiger partial charge on any atom is -0.388 e. The lowest BCUT2D eigenvalue weighted by Gasteiger charge is -2.20. The summed E-state index contributed by atoms with van der Waals surface area (Å²) in [5.74, 6) is 0. The van der Waals surface area contributed by atoms with Gasteiger partial charge in [-0.1, -0.05) is 38.3 Å².